The van der Waals surface area contributed by atoms with Gasteiger partial charge in [0.25, 0.3) is 0 Å². The summed E-state index contributed by atoms with van der Waals surface area (Å²) >= 11 is 0. The van der Waals surface area contributed by atoms with Crippen LogP contribution in [0.25, 0.3) is 0 Å². The first kappa shape index (κ1) is 38.1. The van der Waals surface area contributed by atoms with Gasteiger partial charge < -0.3 is 41.1 Å². The molecule has 1 saturated heterocycles. The predicted octanol–water partition coefficient (Wildman–Crippen LogP) is 3.39. The van der Waals surface area contributed by atoms with Gasteiger partial charge in [-0.05, 0) is 72.3 Å². The first-order valence-corrected chi connectivity index (χ1v) is 17.1. The normalized spacial score (nSPS) is 19.1. The summed E-state index contributed by atoms with van der Waals surface area (Å²) in [6.45, 7) is 10.8. The summed E-state index contributed by atoms with van der Waals surface area (Å²) in [6, 6.07) is 6.16. The number of alkyl carbamates (subject to hydrolysis) is 1. The van der Waals surface area contributed by atoms with Crippen LogP contribution in [-0.4, -0.2) is 93.6 Å². The Bertz CT molecular complexity index is 1170. The van der Waals surface area contributed by atoms with Gasteiger partial charge in [-0.2, -0.15) is 0 Å². The molecule has 1 aromatic carbocycles. The highest BCUT2D eigenvalue weighted by Crippen LogP contribution is 2.29. The van der Waals surface area contributed by atoms with E-state index < -0.39 is 59.4 Å². The Balaban J connectivity index is 1.62. The highest BCUT2D eigenvalue weighted by molar-refractivity contribution is 5.92. The molecule has 1 heterocycles. The minimum absolute atomic E-state index is 0.131. The number of likely N-dealkylation sites (tertiary alicyclic amines) is 1. The average Bonchev–Trinajstić information content (AvgIpc) is 2.99. The number of urea groups is 1. The lowest BCUT2D eigenvalue weighted by molar-refractivity contribution is -0.132. The third kappa shape index (κ3) is 13.0. The fraction of sp³-hybridized carbons (Fsp3) is 0.714. The summed E-state index contributed by atoms with van der Waals surface area (Å²) in [5.74, 6) is -0.662. The van der Waals surface area contributed by atoms with E-state index in [0.717, 1.165) is 31.2 Å². The van der Waals surface area contributed by atoms with E-state index in [9.17, 15) is 29.4 Å². The number of amides is 5. The first-order chi connectivity index (χ1) is 22.0. The molecule has 2 fully saturated rings. The maximum atomic E-state index is 13.6. The average molecular weight is 660 g/mol. The van der Waals surface area contributed by atoms with Crippen molar-refractivity contribution < 1.29 is 34.1 Å². The number of carbonyl (C=O) groups excluding carboxylic acids is 4. The molecule has 5 amide bonds. The number of nitrogens with one attached hydrogen (secondary N) is 4. The monoisotopic (exact) mass is 659 g/mol. The Morgan fingerprint density at radius 2 is 1.51 bits per heavy atom. The largest absolute Gasteiger partial charge is 0.444 e. The van der Waals surface area contributed by atoms with Gasteiger partial charge in [-0.1, -0.05) is 62.4 Å². The van der Waals surface area contributed by atoms with Crippen molar-refractivity contribution in [3.63, 3.8) is 0 Å². The van der Waals surface area contributed by atoms with Gasteiger partial charge in [-0.3, -0.25) is 9.59 Å². The summed E-state index contributed by atoms with van der Waals surface area (Å²) in [4.78, 5) is 54.1. The van der Waals surface area contributed by atoms with E-state index in [2.05, 4.69) is 21.3 Å². The van der Waals surface area contributed by atoms with E-state index in [1.54, 1.807) is 32.6 Å². The maximum absolute atomic E-state index is 13.6. The molecule has 0 aromatic heterocycles. The fourth-order valence-corrected chi connectivity index (χ4v) is 6.23. The molecular weight excluding hydrogens is 602 g/mol. The van der Waals surface area contributed by atoms with Crippen LogP contribution >= 0.6 is 0 Å². The molecule has 0 bridgehead atoms. The van der Waals surface area contributed by atoms with E-state index in [0.29, 0.717) is 38.3 Å². The highest BCUT2D eigenvalue weighted by Gasteiger charge is 2.36. The zero-order valence-electron chi connectivity index (χ0n) is 29.0. The van der Waals surface area contributed by atoms with E-state index in [4.69, 9.17) is 4.74 Å². The number of piperidine rings is 1. The van der Waals surface area contributed by atoms with Crippen molar-refractivity contribution in [1.29, 1.82) is 0 Å². The predicted molar refractivity (Wildman–Crippen MR) is 179 cm³/mol. The second-order valence-corrected chi connectivity index (χ2v) is 14.8. The molecule has 264 valence electrons. The minimum Gasteiger partial charge on any atom is -0.444 e. The zero-order chi connectivity index (χ0) is 34.8. The zero-order valence-corrected chi connectivity index (χ0v) is 29.0. The van der Waals surface area contributed by atoms with Crippen molar-refractivity contribution in [1.82, 2.24) is 26.2 Å². The van der Waals surface area contributed by atoms with Gasteiger partial charge in [0.1, 0.15) is 23.8 Å². The second-order valence-electron chi connectivity index (χ2n) is 14.8. The molecule has 47 heavy (non-hydrogen) atoms. The third-order valence-electron chi connectivity index (χ3n) is 8.90. The van der Waals surface area contributed by atoms with Gasteiger partial charge in [0.2, 0.25) is 11.8 Å². The van der Waals surface area contributed by atoms with Crippen LogP contribution in [0.3, 0.4) is 0 Å². The molecule has 1 aliphatic heterocycles. The van der Waals surface area contributed by atoms with Crippen molar-refractivity contribution in [3.8, 4) is 0 Å². The number of hydrogen-bond donors (Lipinski definition) is 6. The van der Waals surface area contributed by atoms with E-state index >= 15 is 0 Å². The number of ether oxygens (including phenoxy) is 1. The van der Waals surface area contributed by atoms with Crippen molar-refractivity contribution >= 4 is 23.9 Å². The molecule has 6 N–H and O–H groups in total. The van der Waals surface area contributed by atoms with Crippen LogP contribution in [0.2, 0.25) is 0 Å². The van der Waals surface area contributed by atoms with Crippen LogP contribution in [0.4, 0.5) is 9.59 Å². The molecule has 12 nitrogen and oxygen atoms in total. The van der Waals surface area contributed by atoms with Gasteiger partial charge in [-0.15, -0.1) is 0 Å². The van der Waals surface area contributed by atoms with Gasteiger partial charge >= 0.3 is 12.1 Å². The van der Waals surface area contributed by atoms with E-state index in [1.807, 2.05) is 30.3 Å². The maximum Gasteiger partial charge on any atom is 0.407 e. The summed E-state index contributed by atoms with van der Waals surface area (Å²) in [7, 11) is 0. The third-order valence-corrected chi connectivity index (χ3v) is 8.90. The Kier molecular flexibility index (Phi) is 13.9. The van der Waals surface area contributed by atoms with Gasteiger partial charge in [0.15, 0.2) is 0 Å². The summed E-state index contributed by atoms with van der Waals surface area (Å²) in [6.07, 6.45) is 5.55. The summed E-state index contributed by atoms with van der Waals surface area (Å²) in [5, 5.41) is 32.8. The topological polar surface area (TPSA) is 169 Å². The molecule has 0 radical (unpaired) electrons. The minimum atomic E-state index is -1.43. The Hall–Kier alpha value is -3.38. The second kappa shape index (κ2) is 17.1. The Morgan fingerprint density at radius 3 is 2.09 bits per heavy atom. The highest BCUT2D eigenvalue weighted by atomic mass is 16.6. The lowest BCUT2D eigenvalue weighted by Gasteiger charge is -2.36. The fourth-order valence-electron chi connectivity index (χ4n) is 6.23. The number of nitrogens with zero attached hydrogens (tertiary/aromatic N) is 1. The molecule has 3 rings (SSSR count). The van der Waals surface area contributed by atoms with Crippen LogP contribution in [0.15, 0.2) is 30.3 Å². The number of benzene rings is 1. The molecule has 0 unspecified atom stereocenters. The molecule has 1 aliphatic carbocycles. The lowest BCUT2D eigenvalue weighted by atomic mass is 9.81. The number of aliphatic hydroxyl groups excluding tert-OH is 1. The van der Waals surface area contributed by atoms with Crippen LogP contribution < -0.4 is 21.3 Å². The molecule has 0 spiro atoms. The molecular formula is C35H57N5O7. The van der Waals surface area contributed by atoms with Gasteiger partial charge in [0, 0.05) is 25.6 Å². The SMILES string of the molecule is C[C@H](NC(=O)[C@H](Cc1ccccc1)NC(=O)N1CCC(NC(=O)OC(C)(C)C)CC1)C(=O)N[C@@H](CC1CCCCC1)[C@H](O)C(C)(C)O. The van der Waals surface area contributed by atoms with Crippen molar-refractivity contribution in [2.24, 2.45) is 5.92 Å². The molecule has 12 heteroatoms. The molecule has 1 saturated carbocycles. The summed E-state index contributed by atoms with van der Waals surface area (Å²) in [5.41, 5.74) is -1.19. The van der Waals surface area contributed by atoms with Crippen LogP contribution in [0, 0.1) is 5.92 Å². The van der Waals surface area contributed by atoms with Crippen molar-refractivity contribution in [3.05, 3.63) is 35.9 Å². The van der Waals surface area contributed by atoms with Crippen molar-refractivity contribution in [2.75, 3.05) is 13.1 Å². The standard InChI is InChI=1S/C35H57N5O7/c1-23(30(42)38-27(29(41)35(5,6)46)21-24-13-9-7-10-14-24)36-31(43)28(22-25-15-11-8-12-16-25)39-32(44)40-19-17-26(18-20-40)37-33(45)47-34(2,3)4/h8,11-12,15-16,23-24,26-29,41,46H,7,9-10,13-14,17-22H2,1-6H3,(H,36,43)(H,37,45)(H,38,42)(H,39,44)/t23-,27-,28-,29-/m0/s1. The van der Waals surface area contributed by atoms with E-state index in [-0.39, 0.29) is 12.5 Å². The molecule has 2 aliphatic rings. The number of hydrogen-bond acceptors (Lipinski definition) is 7. The number of carbonyl (C=O) groups is 4. The van der Waals surface area contributed by atoms with Gasteiger partial charge in [0.05, 0.1) is 11.6 Å². The Labute approximate surface area is 279 Å². The smallest absolute Gasteiger partial charge is 0.407 e. The van der Waals surface area contributed by atoms with Gasteiger partial charge in [-0.25, -0.2) is 9.59 Å². The molecule has 4 atom stereocenters. The first-order valence-electron chi connectivity index (χ1n) is 17.1. The Morgan fingerprint density at radius 1 is 0.894 bits per heavy atom. The quantitative estimate of drug-likeness (QED) is 0.200. The van der Waals surface area contributed by atoms with Crippen molar-refractivity contribution in [2.45, 2.75) is 141 Å². The lowest BCUT2D eigenvalue weighted by Crippen LogP contribution is -2.59. The summed E-state index contributed by atoms with van der Waals surface area (Å²) < 4.78 is 5.34. The van der Waals surface area contributed by atoms with Crippen LogP contribution in [0.1, 0.15) is 98.5 Å². The van der Waals surface area contributed by atoms with E-state index in [1.165, 1.54) is 20.3 Å². The van der Waals surface area contributed by atoms with Crippen LogP contribution in [-0.2, 0) is 20.7 Å². The number of aliphatic hydroxyl groups is 2. The number of rotatable bonds is 12. The molecule has 1 aromatic rings. The van der Waals surface area contributed by atoms with Crippen LogP contribution in [0.5, 0.6) is 0 Å².